The summed E-state index contributed by atoms with van der Waals surface area (Å²) < 4.78 is 11.0. The third kappa shape index (κ3) is 4.63. The van der Waals surface area contributed by atoms with Crippen molar-refractivity contribution in [2.45, 2.75) is 13.3 Å². The van der Waals surface area contributed by atoms with Gasteiger partial charge in [0.25, 0.3) is 11.5 Å². The van der Waals surface area contributed by atoms with E-state index in [1.54, 1.807) is 36.6 Å². The molecule has 0 fully saturated rings. The first-order chi connectivity index (χ1) is 14.4. The standard InChI is InChI=1S/C19H18N4O6S/c1-3-29-16(26)8-11-10-30-19(20-11)21-18(27)17-13(24)9-15(25)23(22-17)12-6-4-5-7-14(12)28-2/h4-7,9-10,24H,3,8H2,1-2H3,(H,20,21,27). The van der Waals surface area contributed by atoms with Crippen LogP contribution in [0.3, 0.4) is 0 Å². The van der Waals surface area contributed by atoms with E-state index in [0.29, 0.717) is 17.1 Å². The van der Waals surface area contributed by atoms with Crippen LogP contribution in [0.15, 0.2) is 40.5 Å². The molecule has 11 heteroatoms. The zero-order valence-electron chi connectivity index (χ0n) is 16.1. The predicted octanol–water partition coefficient (Wildman–Crippen LogP) is 1.76. The third-order valence-electron chi connectivity index (χ3n) is 3.84. The van der Waals surface area contributed by atoms with Crippen LogP contribution in [0.5, 0.6) is 11.5 Å². The van der Waals surface area contributed by atoms with Crippen LogP contribution in [0.2, 0.25) is 0 Å². The summed E-state index contributed by atoms with van der Waals surface area (Å²) >= 11 is 1.10. The van der Waals surface area contributed by atoms with Crippen molar-refractivity contribution in [3.8, 4) is 17.2 Å². The number of nitrogens with zero attached hydrogens (tertiary/aromatic N) is 3. The number of thiazole rings is 1. The van der Waals surface area contributed by atoms with Gasteiger partial charge in [-0.1, -0.05) is 12.1 Å². The smallest absolute Gasteiger partial charge is 0.311 e. The van der Waals surface area contributed by atoms with E-state index in [2.05, 4.69) is 15.4 Å². The van der Waals surface area contributed by atoms with E-state index in [9.17, 15) is 19.5 Å². The van der Waals surface area contributed by atoms with Gasteiger partial charge in [-0.2, -0.15) is 9.78 Å². The average molecular weight is 430 g/mol. The lowest BCUT2D eigenvalue weighted by molar-refractivity contribution is -0.142. The summed E-state index contributed by atoms with van der Waals surface area (Å²) in [5.74, 6) is -1.41. The van der Waals surface area contributed by atoms with Crippen LogP contribution in [0.1, 0.15) is 23.1 Å². The molecule has 3 rings (SSSR count). The first-order valence-electron chi connectivity index (χ1n) is 8.81. The number of amides is 1. The molecule has 1 aromatic carbocycles. The van der Waals surface area contributed by atoms with Gasteiger partial charge in [0.05, 0.1) is 25.8 Å². The first kappa shape index (κ1) is 21.0. The number of aromatic nitrogens is 3. The predicted molar refractivity (Wildman–Crippen MR) is 108 cm³/mol. The van der Waals surface area contributed by atoms with Crippen LogP contribution in [-0.2, 0) is 16.0 Å². The van der Waals surface area contributed by atoms with Gasteiger partial charge in [-0.15, -0.1) is 11.3 Å². The van der Waals surface area contributed by atoms with Gasteiger partial charge in [-0.05, 0) is 19.1 Å². The molecule has 30 heavy (non-hydrogen) atoms. The van der Waals surface area contributed by atoms with Crippen LogP contribution >= 0.6 is 11.3 Å². The van der Waals surface area contributed by atoms with Crippen LogP contribution in [-0.4, -0.2) is 45.5 Å². The van der Waals surface area contributed by atoms with Crippen molar-refractivity contribution in [1.82, 2.24) is 14.8 Å². The SMILES string of the molecule is CCOC(=O)Cc1csc(NC(=O)c2nn(-c3ccccc3OC)c(=O)cc2O)n1. The second-order valence-electron chi connectivity index (χ2n) is 5.88. The number of para-hydroxylation sites is 2. The topological polar surface area (TPSA) is 133 Å². The molecule has 0 atom stereocenters. The Morgan fingerprint density at radius 2 is 2.07 bits per heavy atom. The number of rotatable bonds is 7. The van der Waals surface area contributed by atoms with E-state index in [-0.39, 0.29) is 23.9 Å². The second kappa shape index (κ2) is 9.18. The molecule has 10 nitrogen and oxygen atoms in total. The Morgan fingerprint density at radius 1 is 1.30 bits per heavy atom. The monoisotopic (exact) mass is 430 g/mol. The third-order valence-corrected chi connectivity index (χ3v) is 4.65. The van der Waals surface area contributed by atoms with E-state index >= 15 is 0 Å². The average Bonchev–Trinajstić information content (AvgIpc) is 3.14. The molecule has 2 N–H and O–H groups in total. The Balaban J connectivity index is 1.86. The van der Waals surface area contributed by atoms with Gasteiger partial charge in [0.15, 0.2) is 16.6 Å². The minimum atomic E-state index is -0.770. The number of hydrogen-bond acceptors (Lipinski definition) is 9. The molecule has 0 aliphatic heterocycles. The highest BCUT2D eigenvalue weighted by Gasteiger charge is 2.20. The lowest BCUT2D eigenvalue weighted by atomic mass is 10.3. The molecule has 0 bridgehead atoms. The number of carbonyl (C=O) groups is 2. The van der Waals surface area contributed by atoms with Crippen molar-refractivity contribution in [2.24, 2.45) is 0 Å². The van der Waals surface area contributed by atoms with Crippen molar-refractivity contribution in [3.63, 3.8) is 0 Å². The number of benzene rings is 1. The van der Waals surface area contributed by atoms with Crippen LogP contribution < -0.4 is 15.6 Å². The summed E-state index contributed by atoms with van der Waals surface area (Å²) in [5.41, 5.74) is -0.267. The van der Waals surface area contributed by atoms with Crippen LogP contribution in [0.25, 0.3) is 5.69 Å². The van der Waals surface area contributed by atoms with Crippen LogP contribution in [0.4, 0.5) is 5.13 Å². The molecule has 3 aromatic rings. The van der Waals surface area contributed by atoms with Crippen molar-refractivity contribution in [2.75, 3.05) is 19.0 Å². The number of anilines is 1. The highest BCUT2D eigenvalue weighted by Crippen LogP contribution is 2.22. The molecular formula is C19H18N4O6S. The number of esters is 1. The summed E-state index contributed by atoms with van der Waals surface area (Å²) in [7, 11) is 1.44. The number of methoxy groups -OCH3 is 1. The highest BCUT2D eigenvalue weighted by atomic mass is 32.1. The van der Waals surface area contributed by atoms with E-state index in [1.807, 2.05) is 0 Å². The maximum Gasteiger partial charge on any atom is 0.311 e. The first-order valence-corrected chi connectivity index (χ1v) is 9.69. The quantitative estimate of drug-likeness (QED) is 0.542. The Kier molecular flexibility index (Phi) is 6.42. The Morgan fingerprint density at radius 3 is 2.80 bits per heavy atom. The van der Waals surface area contributed by atoms with E-state index < -0.39 is 23.2 Å². The molecule has 0 saturated carbocycles. The molecule has 1 amide bonds. The normalized spacial score (nSPS) is 10.5. The van der Waals surface area contributed by atoms with Gasteiger partial charge in [-0.25, -0.2) is 4.98 Å². The Hall–Kier alpha value is -3.73. The minimum absolute atomic E-state index is 0.0254. The van der Waals surface area contributed by atoms with E-state index in [1.165, 1.54) is 7.11 Å². The number of nitrogens with one attached hydrogen (secondary N) is 1. The molecule has 2 aromatic heterocycles. The summed E-state index contributed by atoms with van der Waals surface area (Å²) in [6, 6.07) is 7.52. The fourth-order valence-corrected chi connectivity index (χ4v) is 3.25. The Bertz CT molecular complexity index is 1140. The number of ether oxygens (including phenoxy) is 2. The summed E-state index contributed by atoms with van der Waals surface area (Å²) in [4.78, 5) is 40.6. The second-order valence-corrected chi connectivity index (χ2v) is 6.74. The fraction of sp³-hybridized carbons (Fsp3) is 0.211. The van der Waals surface area contributed by atoms with Crippen molar-refractivity contribution in [3.05, 3.63) is 57.5 Å². The van der Waals surface area contributed by atoms with Gasteiger partial charge in [0, 0.05) is 11.4 Å². The number of carbonyl (C=O) groups excluding carboxylic acids is 2. The zero-order chi connectivity index (χ0) is 21.7. The highest BCUT2D eigenvalue weighted by molar-refractivity contribution is 7.14. The maximum absolute atomic E-state index is 12.6. The molecular weight excluding hydrogens is 412 g/mol. The van der Waals surface area contributed by atoms with Gasteiger partial charge >= 0.3 is 5.97 Å². The fourth-order valence-electron chi connectivity index (χ4n) is 2.55. The zero-order valence-corrected chi connectivity index (χ0v) is 16.9. The molecule has 2 heterocycles. The lowest BCUT2D eigenvalue weighted by Gasteiger charge is -2.11. The van der Waals surface area contributed by atoms with Crippen molar-refractivity contribution >= 4 is 28.3 Å². The molecule has 0 radical (unpaired) electrons. The molecule has 0 saturated heterocycles. The molecule has 0 spiro atoms. The minimum Gasteiger partial charge on any atom is -0.505 e. The van der Waals surface area contributed by atoms with Crippen LogP contribution in [0, 0.1) is 0 Å². The van der Waals surface area contributed by atoms with Crippen molar-refractivity contribution in [1.29, 1.82) is 0 Å². The molecule has 0 aliphatic carbocycles. The number of hydrogen-bond donors (Lipinski definition) is 2. The summed E-state index contributed by atoms with van der Waals surface area (Å²) in [6.45, 7) is 1.97. The lowest BCUT2D eigenvalue weighted by Crippen LogP contribution is -2.25. The van der Waals surface area contributed by atoms with Crippen molar-refractivity contribution < 1.29 is 24.2 Å². The van der Waals surface area contributed by atoms with E-state index in [4.69, 9.17) is 9.47 Å². The molecule has 0 aliphatic rings. The van der Waals surface area contributed by atoms with E-state index in [0.717, 1.165) is 22.1 Å². The van der Waals surface area contributed by atoms with Gasteiger partial charge in [-0.3, -0.25) is 19.7 Å². The number of aromatic hydroxyl groups is 1. The van der Waals surface area contributed by atoms with Gasteiger partial charge in [0.2, 0.25) is 0 Å². The maximum atomic E-state index is 12.6. The van der Waals surface area contributed by atoms with Gasteiger partial charge < -0.3 is 14.6 Å². The molecule has 156 valence electrons. The Labute approximate surface area is 174 Å². The summed E-state index contributed by atoms with van der Waals surface area (Å²) in [5, 5.41) is 18.4. The summed E-state index contributed by atoms with van der Waals surface area (Å²) in [6.07, 6.45) is -0.0254. The molecule has 0 unspecified atom stereocenters. The van der Waals surface area contributed by atoms with Gasteiger partial charge in [0.1, 0.15) is 11.4 Å². The largest absolute Gasteiger partial charge is 0.505 e.